The summed E-state index contributed by atoms with van der Waals surface area (Å²) >= 11 is 0. The summed E-state index contributed by atoms with van der Waals surface area (Å²) in [7, 11) is 0. The van der Waals surface area contributed by atoms with Crippen LogP contribution in [-0.2, 0) is 6.18 Å². The Kier molecular flexibility index (Phi) is 2.92. The van der Waals surface area contributed by atoms with Crippen LogP contribution in [0.5, 0.6) is 0 Å². The van der Waals surface area contributed by atoms with Gasteiger partial charge in [-0.05, 0) is 31.5 Å². The third-order valence-electron chi connectivity index (χ3n) is 3.96. The number of pyridine rings is 1. The van der Waals surface area contributed by atoms with Gasteiger partial charge < -0.3 is 10.2 Å². The Balaban J connectivity index is 1.71. The fourth-order valence-electron chi connectivity index (χ4n) is 2.98. The van der Waals surface area contributed by atoms with Crippen LogP contribution in [-0.4, -0.2) is 31.2 Å². The number of nitrogens with one attached hydrogen (secondary N) is 1. The summed E-state index contributed by atoms with van der Waals surface area (Å²) in [6.07, 6.45) is -2.08. The summed E-state index contributed by atoms with van der Waals surface area (Å²) < 4.78 is 37.8. The number of hydrogen-bond donors (Lipinski definition) is 1. The minimum Gasteiger partial charge on any atom is -0.355 e. The first-order valence-electron chi connectivity index (χ1n) is 6.49. The van der Waals surface area contributed by atoms with E-state index in [1.807, 2.05) is 4.90 Å². The maximum atomic E-state index is 12.6. The van der Waals surface area contributed by atoms with Gasteiger partial charge in [0, 0.05) is 25.0 Å². The molecule has 2 aliphatic rings. The van der Waals surface area contributed by atoms with E-state index in [9.17, 15) is 13.2 Å². The summed E-state index contributed by atoms with van der Waals surface area (Å²) in [5, 5.41) is 3.36. The summed E-state index contributed by atoms with van der Waals surface area (Å²) in [4.78, 5) is 5.66. The molecular formula is C13H16F3N3. The summed E-state index contributed by atoms with van der Waals surface area (Å²) in [5.74, 6) is 0.436. The molecule has 1 aromatic rings. The van der Waals surface area contributed by atoms with Gasteiger partial charge in [0.1, 0.15) is 11.5 Å². The molecule has 0 aromatic carbocycles. The average Bonchev–Trinajstić information content (AvgIpc) is 2.36. The van der Waals surface area contributed by atoms with E-state index in [2.05, 4.69) is 10.3 Å². The van der Waals surface area contributed by atoms with E-state index >= 15 is 0 Å². The van der Waals surface area contributed by atoms with Gasteiger partial charge in [-0.3, -0.25) is 0 Å². The van der Waals surface area contributed by atoms with Gasteiger partial charge in [-0.1, -0.05) is 6.07 Å². The number of nitrogens with zero attached hydrogens (tertiary/aromatic N) is 2. The molecule has 0 atom stereocenters. The fraction of sp³-hybridized carbons (Fsp3) is 0.615. The molecule has 3 heterocycles. The second kappa shape index (κ2) is 4.37. The first kappa shape index (κ1) is 12.7. The topological polar surface area (TPSA) is 28.2 Å². The number of alkyl halides is 3. The molecule has 1 aromatic heterocycles. The fourth-order valence-corrected chi connectivity index (χ4v) is 2.98. The van der Waals surface area contributed by atoms with Crippen molar-refractivity contribution in [3.05, 3.63) is 23.9 Å². The maximum Gasteiger partial charge on any atom is 0.433 e. The number of anilines is 1. The minimum atomic E-state index is -4.37. The highest BCUT2D eigenvalue weighted by Crippen LogP contribution is 2.39. The molecule has 0 radical (unpaired) electrons. The molecule has 2 saturated heterocycles. The van der Waals surface area contributed by atoms with Crippen LogP contribution in [0.3, 0.4) is 0 Å². The number of aromatic nitrogens is 1. The van der Waals surface area contributed by atoms with Gasteiger partial charge in [-0.15, -0.1) is 0 Å². The van der Waals surface area contributed by atoms with Crippen molar-refractivity contribution in [1.29, 1.82) is 0 Å². The summed E-state index contributed by atoms with van der Waals surface area (Å²) in [6.45, 7) is 3.61. The van der Waals surface area contributed by atoms with Crippen LogP contribution in [0.2, 0.25) is 0 Å². The Labute approximate surface area is 109 Å². The SMILES string of the molecule is FC(F)(F)c1cccc(N2CC3(CCCNC3)C2)n1. The zero-order valence-electron chi connectivity index (χ0n) is 10.5. The largest absolute Gasteiger partial charge is 0.433 e. The molecule has 0 amide bonds. The number of rotatable bonds is 1. The van der Waals surface area contributed by atoms with Crippen molar-refractivity contribution in [3.63, 3.8) is 0 Å². The van der Waals surface area contributed by atoms with E-state index in [0.717, 1.165) is 45.1 Å². The van der Waals surface area contributed by atoms with Crippen LogP contribution in [0, 0.1) is 5.41 Å². The molecule has 6 heteroatoms. The van der Waals surface area contributed by atoms with Gasteiger partial charge in [-0.25, -0.2) is 4.98 Å². The van der Waals surface area contributed by atoms with Crippen molar-refractivity contribution >= 4 is 5.82 Å². The molecule has 3 nitrogen and oxygen atoms in total. The average molecular weight is 271 g/mol. The van der Waals surface area contributed by atoms with Crippen LogP contribution in [0.15, 0.2) is 18.2 Å². The van der Waals surface area contributed by atoms with E-state index in [1.165, 1.54) is 6.07 Å². The lowest BCUT2D eigenvalue weighted by Crippen LogP contribution is -2.62. The molecule has 0 saturated carbocycles. The molecule has 2 aliphatic heterocycles. The van der Waals surface area contributed by atoms with E-state index in [0.29, 0.717) is 5.82 Å². The van der Waals surface area contributed by atoms with Crippen molar-refractivity contribution < 1.29 is 13.2 Å². The molecule has 1 spiro atoms. The molecule has 19 heavy (non-hydrogen) atoms. The smallest absolute Gasteiger partial charge is 0.355 e. The van der Waals surface area contributed by atoms with Crippen molar-refractivity contribution in [3.8, 4) is 0 Å². The molecule has 3 rings (SSSR count). The summed E-state index contributed by atoms with van der Waals surface area (Å²) in [5.41, 5.74) is -0.568. The normalized spacial score (nSPS) is 22.4. The van der Waals surface area contributed by atoms with Crippen LogP contribution in [0.1, 0.15) is 18.5 Å². The lowest BCUT2D eigenvalue weighted by atomic mass is 9.74. The lowest BCUT2D eigenvalue weighted by Gasteiger charge is -2.53. The van der Waals surface area contributed by atoms with Crippen LogP contribution in [0.4, 0.5) is 19.0 Å². The summed E-state index contributed by atoms with van der Waals surface area (Å²) in [6, 6.07) is 4.09. The van der Waals surface area contributed by atoms with Crippen molar-refractivity contribution in [2.45, 2.75) is 19.0 Å². The molecule has 0 aliphatic carbocycles. The first-order valence-corrected chi connectivity index (χ1v) is 6.49. The third-order valence-corrected chi connectivity index (χ3v) is 3.96. The van der Waals surface area contributed by atoms with Gasteiger partial charge in [0.15, 0.2) is 0 Å². The first-order chi connectivity index (χ1) is 8.99. The zero-order chi connectivity index (χ0) is 13.5. The standard InChI is InChI=1S/C13H16F3N3/c14-13(15,16)10-3-1-4-11(18-10)19-8-12(9-19)5-2-6-17-7-12/h1,3-4,17H,2,5-9H2. The maximum absolute atomic E-state index is 12.6. The third kappa shape index (κ3) is 2.41. The minimum absolute atomic E-state index is 0.244. The van der Waals surface area contributed by atoms with E-state index in [4.69, 9.17) is 0 Å². The van der Waals surface area contributed by atoms with Gasteiger partial charge in [0.25, 0.3) is 0 Å². The second-order valence-corrected chi connectivity index (χ2v) is 5.52. The molecular weight excluding hydrogens is 255 g/mol. The molecule has 0 bridgehead atoms. The van der Waals surface area contributed by atoms with Crippen LogP contribution in [0.25, 0.3) is 0 Å². The molecule has 2 fully saturated rings. The highest BCUT2D eigenvalue weighted by Gasteiger charge is 2.44. The van der Waals surface area contributed by atoms with Crippen molar-refractivity contribution in [2.75, 3.05) is 31.1 Å². The van der Waals surface area contributed by atoms with E-state index in [-0.39, 0.29) is 5.41 Å². The quantitative estimate of drug-likeness (QED) is 0.849. The van der Waals surface area contributed by atoms with Crippen molar-refractivity contribution in [1.82, 2.24) is 10.3 Å². The Morgan fingerprint density at radius 2 is 2.05 bits per heavy atom. The van der Waals surface area contributed by atoms with E-state index in [1.54, 1.807) is 6.07 Å². The van der Waals surface area contributed by atoms with Gasteiger partial charge in [-0.2, -0.15) is 13.2 Å². The molecule has 104 valence electrons. The van der Waals surface area contributed by atoms with Gasteiger partial charge in [0.05, 0.1) is 0 Å². The Bertz CT molecular complexity index is 458. The zero-order valence-corrected chi connectivity index (χ0v) is 10.5. The number of piperidine rings is 1. The van der Waals surface area contributed by atoms with Crippen LogP contribution < -0.4 is 10.2 Å². The van der Waals surface area contributed by atoms with Gasteiger partial charge in [0.2, 0.25) is 0 Å². The van der Waals surface area contributed by atoms with Crippen molar-refractivity contribution in [2.24, 2.45) is 5.41 Å². The second-order valence-electron chi connectivity index (χ2n) is 5.52. The predicted molar refractivity (Wildman–Crippen MR) is 66.0 cm³/mol. The highest BCUT2D eigenvalue weighted by molar-refractivity contribution is 5.44. The highest BCUT2D eigenvalue weighted by atomic mass is 19.4. The lowest BCUT2D eigenvalue weighted by molar-refractivity contribution is -0.141. The number of hydrogen-bond acceptors (Lipinski definition) is 3. The van der Waals surface area contributed by atoms with Crippen LogP contribution >= 0.6 is 0 Å². The Morgan fingerprint density at radius 1 is 1.26 bits per heavy atom. The Morgan fingerprint density at radius 3 is 2.68 bits per heavy atom. The van der Waals surface area contributed by atoms with E-state index < -0.39 is 11.9 Å². The monoisotopic (exact) mass is 271 g/mol. The molecule has 1 N–H and O–H groups in total. The Hall–Kier alpha value is -1.30. The molecule has 0 unspecified atom stereocenters. The predicted octanol–water partition coefficient (Wildman–Crippen LogP) is 2.29. The van der Waals surface area contributed by atoms with Gasteiger partial charge >= 0.3 is 6.18 Å². The number of halogens is 3.